The third-order valence-corrected chi connectivity index (χ3v) is 6.28. The molecule has 4 aromatic rings. The highest BCUT2D eigenvalue weighted by Crippen LogP contribution is 2.21. The number of hydrogen-bond acceptors (Lipinski definition) is 6. The minimum Gasteiger partial charge on any atom is -0.348 e. The van der Waals surface area contributed by atoms with Crippen LogP contribution in [-0.4, -0.2) is 29.0 Å². The average Bonchev–Trinajstić information content (AvgIpc) is 3.38. The number of non-ortho nitro benzene ring substituents is 1. The molecule has 4 rings (SSSR count). The fourth-order valence-electron chi connectivity index (χ4n) is 3.14. The fourth-order valence-corrected chi connectivity index (χ4v) is 4.24. The highest BCUT2D eigenvalue weighted by Gasteiger charge is 2.18. The minimum absolute atomic E-state index is 0.220. The van der Waals surface area contributed by atoms with Crippen LogP contribution < -0.4 is 10.0 Å². The second kappa shape index (κ2) is 9.55. The fraction of sp³-hybridized carbons (Fsp3) is 0.0435. The van der Waals surface area contributed by atoms with Gasteiger partial charge in [-0.05, 0) is 54.1 Å². The summed E-state index contributed by atoms with van der Waals surface area (Å²) in [5, 5.41) is 17.9. The summed E-state index contributed by atoms with van der Waals surface area (Å²) in [5.74, 6) is -0.316. The molecule has 3 aromatic carbocycles. The molecule has 1 amide bonds. The Hall–Kier alpha value is -4.51. The molecule has 0 spiro atoms. The van der Waals surface area contributed by atoms with Crippen molar-refractivity contribution in [3.8, 4) is 5.69 Å². The van der Waals surface area contributed by atoms with E-state index in [-0.39, 0.29) is 22.2 Å². The number of rotatable bonds is 8. The van der Waals surface area contributed by atoms with Gasteiger partial charge in [-0.1, -0.05) is 18.2 Å². The van der Waals surface area contributed by atoms with Gasteiger partial charge in [0.15, 0.2) is 0 Å². The predicted molar refractivity (Wildman–Crippen MR) is 125 cm³/mol. The molecule has 0 saturated carbocycles. The van der Waals surface area contributed by atoms with Crippen molar-refractivity contribution in [1.82, 2.24) is 15.1 Å². The first-order valence-corrected chi connectivity index (χ1v) is 11.5. The van der Waals surface area contributed by atoms with Gasteiger partial charge in [-0.25, -0.2) is 13.1 Å². The summed E-state index contributed by atoms with van der Waals surface area (Å²) in [6, 6.07) is 20.0. The number of nitrogens with one attached hydrogen (secondary N) is 2. The maximum atomic E-state index is 12.5. The van der Waals surface area contributed by atoms with Crippen molar-refractivity contribution in [2.24, 2.45) is 0 Å². The smallest absolute Gasteiger partial charge is 0.270 e. The first-order valence-electron chi connectivity index (χ1n) is 10.1. The lowest BCUT2D eigenvalue weighted by Gasteiger charge is -2.10. The predicted octanol–water partition coefficient (Wildman–Crippen LogP) is 3.51. The van der Waals surface area contributed by atoms with Crippen LogP contribution in [0, 0.1) is 10.1 Å². The SMILES string of the molecule is O=C(NCc1ccc(-n2cccn2)cc1)c1ccc(NS(=O)(=O)c2cccc([N+](=O)[O-])c2)cc1. The molecule has 0 radical (unpaired) electrons. The van der Waals surface area contributed by atoms with E-state index in [1.54, 1.807) is 10.9 Å². The molecular formula is C23H19N5O5S. The van der Waals surface area contributed by atoms with Crippen molar-refractivity contribution >= 4 is 27.3 Å². The lowest BCUT2D eigenvalue weighted by Crippen LogP contribution is -2.22. The van der Waals surface area contributed by atoms with Gasteiger partial charge in [-0.15, -0.1) is 0 Å². The first kappa shape index (κ1) is 22.7. The van der Waals surface area contributed by atoms with Crippen LogP contribution in [0.4, 0.5) is 11.4 Å². The molecule has 0 fully saturated rings. The summed E-state index contributed by atoms with van der Waals surface area (Å²) >= 11 is 0. The number of sulfonamides is 1. The van der Waals surface area contributed by atoms with E-state index in [9.17, 15) is 23.3 Å². The van der Waals surface area contributed by atoms with Crippen LogP contribution >= 0.6 is 0 Å². The van der Waals surface area contributed by atoms with Crippen LogP contribution in [0.1, 0.15) is 15.9 Å². The molecule has 1 aromatic heterocycles. The van der Waals surface area contributed by atoms with Gasteiger partial charge in [0, 0.05) is 42.3 Å². The average molecular weight is 478 g/mol. The molecule has 0 saturated heterocycles. The van der Waals surface area contributed by atoms with E-state index in [1.165, 1.54) is 42.5 Å². The minimum atomic E-state index is -4.03. The summed E-state index contributed by atoms with van der Waals surface area (Å²) < 4.78 is 29.2. The van der Waals surface area contributed by atoms with Gasteiger partial charge >= 0.3 is 0 Å². The number of nitro benzene ring substituents is 1. The highest BCUT2D eigenvalue weighted by atomic mass is 32.2. The molecular weight excluding hydrogens is 458 g/mol. The second-order valence-corrected chi connectivity index (χ2v) is 8.92. The zero-order valence-electron chi connectivity index (χ0n) is 17.7. The summed E-state index contributed by atoms with van der Waals surface area (Å²) in [5.41, 5.74) is 2.06. The van der Waals surface area contributed by atoms with E-state index in [0.717, 1.165) is 17.3 Å². The quantitative estimate of drug-likeness (QED) is 0.294. The molecule has 0 aliphatic carbocycles. The molecule has 1 heterocycles. The Morgan fingerprint density at radius 1 is 1.00 bits per heavy atom. The van der Waals surface area contributed by atoms with Crippen LogP contribution in [0.25, 0.3) is 5.69 Å². The molecule has 0 atom stereocenters. The van der Waals surface area contributed by atoms with E-state index in [2.05, 4.69) is 15.1 Å². The van der Waals surface area contributed by atoms with E-state index in [4.69, 9.17) is 0 Å². The lowest BCUT2D eigenvalue weighted by molar-refractivity contribution is -0.385. The highest BCUT2D eigenvalue weighted by molar-refractivity contribution is 7.92. The van der Waals surface area contributed by atoms with Gasteiger partial charge in [0.25, 0.3) is 21.6 Å². The van der Waals surface area contributed by atoms with Crippen molar-refractivity contribution in [3.05, 3.63) is 112 Å². The van der Waals surface area contributed by atoms with Crippen LogP contribution in [0.5, 0.6) is 0 Å². The number of nitrogens with zero attached hydrogens (tertiary/aromatic N) is 3. The third kappa shape index (κ3) is 5.27. The number of anilines is 1. The number of benzene rings is 3. The Morgan fingerprint density at radius 2 is 1.74 bits per heavy atom. The van der Waals surface area contributed by atoms with Gasteiger partial charge in [-0.3, -0.25) is 19.6 Å². The van der Waals surface area contributed by atoms with Crippen molar-refractivity contribution in [2.75, 3.05) is 4.72 Å². The molecule has 2 N–H and O–H groups in total. The Labute approximate surface area is 195 Å². The second-order valence-electron chi connectivity index (χ2n) is 7.24. The molecule has 0 aliphatic rings. The zero-order chi connectivity index (χ0) is 24.1. The number of hydrogen-bond donors (Lipinski definition) is 2. The van der Waals surface area contributed by atoms with Crippen LogP contribution in [0.15, 0.2) is 96.2 Å². The zero-order valence-corrected chi connectivity index (χ0v) is 18.5. The van der Waals surface area contributed by atoms with E-state index >= 15 is 0 Å². The van der Waals surface area contributed by atoms with Crippen molar-refractivity contribution < 1.29 is 18.1 Å². The maximum absolute atomic E-state index is 12.5. The molecule has 0 unspecified atom stereocenters. The number of nitro groups is 1. The van der Waals surface area contributed by atoms with E-state index in [1.807, 2.05) is 36.5 Å². The van der Waals surface area contributed by atoms with Crippen LogP contribution in [0.3, 0.4) is 0 Å². The Kier molecular flexibility index (Phi) is 6.37. The molecule has 0 aliphatic heterocycles. The maximum Gasteiger partial charge on any atom is 0.270 e. The van der Waals surface area contributed by atoms with Crippen LogP contribution in [-0.2, 0) is 16.6 Å². The Bertz CT molecular complexity index is 1420. The van der Waals surface area contributed by atoms with E-state index in [0.29, 0.717) is 12.1 Å². The van der Waals surface area contributed by atoms with Gasteiger partial charge in [0.05, 0.1) is 15.5 Å². The summed E-state index contributed by atoms with van der Waals surface area (Å²) in [7, 11) is -4.03. The Morgan fingerprint density at radius 3 is 2.38 bits per heavy atom. The number of amides is 1. The molecule has 0 bridgehead atoms. The van der Waals surface area contributed by atoms with Crippen LogP contribution in [0.2, 0.25) is 0 Å². The topological polar surface area (TPSA) is 136 Å². The summed E-state index contributed by atoms with van der Waals surface area (Å²) in [4.78, 5) is 22.5. The molecule has 10 nitrogen and oxygen atoms in total. The van der Waals surface area contributed by atoms with Gasteiger partial charge in [-0.2, -0.15) is 5.10 Å². The summed E-state index contributed by atoms with van der Waals surface area (Å²) in [6.45, 7) is 0.319. The lowest BCUT2D eigenvalue weighted by atomic mass is 10.1. The Balaban J connectivity index is 1.37. The van der Waals surface area contributed by atoms with Gasteiger partial charge in [0.1, 0.15) is 0 Å². The molecule has 172 valence electrons. The normalized spacial score (nSPS) is 11.1. The van der Waals surface area contributed by atoms with Crippen molar-refractivity contribution in [2.45, 2.75) is 11.4 Å². The number of aromatic nitrogens is 2. The van der Waals surface area contributed by atoms with Gasteiger partial charge < -0.3 is 5.32 Å². The number of carbonyl (C=O) groups excluding carboxylic acids is 1. The molecule has 11 heteroatoms. The first-order chi connectivity index (χ1) is 16.3. The molecule has 34 heavy (non-hydrogen) atoms. The van der Waals surface area contributed by atoms with Crippen molar-refractivity contribution in [1.29, 1.82) is 0 Å². The van der Waals surface area contributed by atoms with Crippen molar-refractivity contribution in [3.63, 3.8) is 0 Å². The summed E-state index contributed by atoms with van der Waals surface area (Å²) in [6.07, 6.45) is 3.53. The monoisotopic (exact) mass is 477 g/mol. The largest absolute Gasteiger partial charge is 0.348 e. The van der Waals surface area contributed by atoms with Gasteiger partial charge in [0.2, 0.25) is 0 Å². The third-order valence-electron chi connectivity index (χ3n) is 4.90. The standard InChI is InChI=1S/C23H19N5O5S/c29-23(24-16-17-5-11-20(12-6-17)27-14-2-13-25-27)18-7-9-19(10-8-18)26-34(32,33)22-4-1-3-21(15-22)28(30)31/h1-15,26H,16H2,(H,24,29). The van der Waals surface area contributed by atoms with E-state index < -0.39 is 14.9 Å². The number of carbonyl (C=O) groups is 1.